The van der Waals surface area contributed by atoms with Gasteiger partial charge in [-0.15, -0.1) is 0 Å². The van der Waals surface area contributed by atoms with E-state index in [4.69, 9.17) is 9.84 Å². The normalized spacial score (nSPS) is 9.70. The summed E-state index contributed by atoms with van der Waals surface area (Å²) in [5.74, 6) is 4.93. The van der Waals surface area contributed by atoms with Gasteiger partial charge in [-0.05, 0) is 24.3 Å². The predicted octanol–water partition coefficient (Wildman–Crippen LogP) is 2.19. The summed E-state index contributed by atoms with van der Waals surface area (Å²) in [5, 5.41) is 8.57. The van der Waals surface area contributed by atoms with E-state index in [1.165, 1.54) is 12.1 Å². The molecule has 2 aromatic rings. The summed E-state index contributed by atoms with van der Waals surface area (Å²) in [5.41, 5.74) is 1.18. The Hall–Kier alpha value is -2.38. The standard InChI is InChI=1S/C16H14FNO2/c17-16-12-15(7-6-13(16)4-3-10-19)20-11-8-14-5-1-2-9-18-14/h1-2,5-7,9,12,19H,8,10-11H2. The first-order chi connectivity index (χ1) is 9.79. The average Bonchev–Trinajstić information content (AvgIpc) is 2.47. The van der Waals surface area contributed by atoms with Crippen molar-refractivity contribution in [1.29, 1.82) is 0 Å². The van der Waals surface area contributed by atoms with Crippen LogP contribution in [0.3, 0.4) is 0 Å². The van der Waals surface area contributed by atoms with E-state index < -0.39 is 5.82 Å². The second-order valence-electron chi connectivity index (χ2n) is 4.02. The molecule has 0 radical (unpaired) electrons. The van der Waals surface area contributed by atoms with Crippen molar-refractivity contribution < 1.29 is 14.2 Å². The molecule has 0 aliphatic carbocycles. The second-order valence-corrected chi connectivity index (χ2v) is 4.02. The molecule has 1 N–H and O–H groups in total. The van der Waals surface area contributed by atoms with Gasteiger partial charge in [0.1, 0.15) is 18.2 Å². The number of hydrogen-bond donors (Lipinski definition) is 1. The lowest BCUT2D eigenvalue weighted by Crippen LogP contribution is -2.03. The van der Waals surface area contributed by atoms with E-state index >= 15 is 0 Å². The number of pyridine rings is 1. The molecule has 1 aromatic carbocycles. The highest BCUT2D eigenvalue weighted by Crippen LogP contribution is 2.16. The largest absolute Gasteiger partial charge is 0.493 e. The van der Waals surface area contributed by atoms with Gasteiger partial charge >= 0.3 is 0 Å². The van der Waals surface area contributed by atoms with E-state index in [0.29, 0.717) is 18.8 Å². The fourth-order valence-corrected chi connectivity index (χ4v) is 1.64. The maximum atomic E-state index is 13.6. The highest BCUT2D eigenvalue weighted by Gasteiger charge is 2.02. The molecular formula is C16H14FNO2. The van der Waals surface area contributed by atoms with Crippen LogP contribution in [0.25, 0.3) is 0 Å². The van der Waals surface area contributed by atoms with Gasteiger partial charge in [-0.1, -0.05) is 17.9 Å². The number of benzene rings is 1. The van der Waals surface area contributed by atoms with Gasteiger partial charge in [0.15, 0.2) is 0 Å². The minimum atomic E-state index is -0.457. The summed E-state index contributed by atoms with van der Waals surface area (Å²) in [4.78, 5) is 4.18. The van der Waals surface area contributed by atoms with Crippen LogP contribution in [0, 0.1) is 17.7 Å². The van der Waals surface area contributed by atoms with Crippen LogP contribution in [-0.2, 0) is 6.42 Å². The van der Waals surface area contributed by atoms with E-state index in [-0.39, 0.29) is 12.2 Å². The Morgan fingerprint density at radius 2 is 2.15 bits per heavy atom. The smallest absolute Gasteiger partial charge is 0.142 e. The molecule has 0 saturated carbocycles. The maximum absolute atomic E-state index is 13.6. The molecule has 0 aliphatic heterocycles. The number of nitrogens with zero attached hydrogens (tertiary/aromatic N) is 1. The van der Waals surface area contributed by atoms with E-state index in [9.17, 15) is 4.39 Å². The van der Waals surface area contributed by atoms with Gasteiger partial charge in [0.05, 0.1) is 12.2 Å². The molecule has 1 heterocycles. The summed E-state index contributed by atoms with van der Waals surface area (Å²) < 4.78 is 19.1. The van der Waals surface area contributed by atoms with Crippen molar-refractivity contribution in [3.63, 3.8) is 0 Å². The molecule has 2 rings (SSSR count). The summed E-state index contributed by atoms with van der Waals surface area (Å²) in [6.45, 7) is 0.139. The Morgan fingerprint density at radius 3 is 2.85 bits per heavy atom. The fraction of sp³-hybridized carbons (Fsp3) is 0.188. The summed E-state index contributed by atoms with van der Waals surface area (Å²) >= 11 is 0. The molecule has 0 unspecified atom stereocenters. The molecule has 0 saturated heterocycles. The number of ether oxygens (including phenoxy) is 1. The van der Waals surface area contributed by atoms with Crippen LogP contribution in [0.2, 0.25) is 0 Å². The molecule has 0 atom stereocenters. The number of halogens is 1. The van der Waals surface area contributed by atoms with Crippen molar-refractivity contribution in [3.8, 4) is 17.6 Å². The zero-order valence-corrected chi connectivity index (χ0v) is 10.8. The first-order valence-electron chi connectivity index (χ1n) is 6.21. The third-order valence-corrected chi connectivity index (χ3v) is 2.60. The highest BCUT2D eigenvalue weighted by atomic mass is 19.1. The number of aromatic nitrogens is 1. The van der Waals surface area contributed by atoms with Crippen LogP contribution in [0.4, 0.5) is 4.39 Å². The van der Waals surface area contributed by atoms with Gasteiger partial charge in [0.25, 0.3) is 0 Å². The van der Waals surface area contributed by atoms with Crippen molar-refractivity contribution in [2.45, 2.75) is 6.42 Å². The van der Waals surface area contributed by atoms with Crippen LogP contribution >= 0.6 is 0 Å². The summed E-state index contributed by atoms with van der Waals surface area (Å²) in [7, 11) is 0. The van der Waals surface area contributed by atoms with Crippen molar-refractivity contribution in [3.05, 3.63) is 59.7 Å². The van der Waals surface area contributed by atoms with Gasteiger partial charge in [-0.25, -0.2) is 4.39 Å². The minimum absolute atomic E-state index is 0.246. The average molecular weight is 271 g/mol. The van der Waals surface area contributed by atoms with E-state index in [2.05, 4.69) is 16.8 Å². The molecule has 1 aromatic heterocycles. The minimum Gasteiger partial charge on any atom is -0.493 e. The second kappa shape index (κ2) is 7.27. The lowest BCUT2D eigenvalue weighted by atomic mass is 10.2. The SMILES string of the molecule is OCC#Cc1ccc(OCCc2ccccn2)cc1F. The molecule has 0 spiro atoms. The van der Waals surface area contributed by atoms with Crippen LogP contribution in [-0.4, -0.2) is 23.3 Å². The maximum Gasteiger partial charge on any atom is 0.142 e. The number of hydrogen-bond acceptors (Lipinski definition) is 3. The Labute approximate surface area is 117 Å². The lowest BCUT2D eigenvalue weighted by Gasteiger charge is -2.06. The van der Waals surface area contributed by atoms with Crippen LogP contribution < -0.4 is 4.74 Å². The Bertz CT molecular complexity index is 617. The number of aliphatic hydroxyl groups excluding tert-OH is 1. The first kappa shape index (κ1) is 14.0. The van der Waals surface area contributed by atoms with Crippen molar-refractivity contribution in [2.75, 3.05) is 13.2 Å². The molecule has 0 aliphatic rings. The molecule has 3 nitrogen and oxygen atoms in total. The third kappa shape index (κ3) is 4.08. The molecule has 0 fully saturated rings. The van der Waals surface area contributed by atoms with Gasteiger partial charge in [-0.3, -0.25) is 4.98 Å². The zero-order chi connectivity index (χ0) is 14.2. The molecule has 4 heteroatoms. The molecular weight excluding hydrogens is 257 g/mol. The lowest BCUT2D eigenvalue weighted by molar-refractivity contribution is 0.319. The van der Waals surface area contributed by atoms with Crippen LogP contribution in [0.5, 0.6) is 5.75 Å². The van der Waals surface area contributed by atoms with Crippen molar-refractivity contribution >= 4 is 0 Å². The third-order valence-electron chi connectivity index (χ3n) is 2.60. The summed E-state index contributed by atoms with van der Waals surface area (Å²) in [6, 6.07) is 10.2. The monoisotopic (exact) mass is 271 g/mol. The number of aliphatic hydroxyl groups is 1. The van der Waals surface area contributed by atoms with Crippen molar-refractivity contribution in [1.82, 2.24) is 4.98 Å². The predicted molar refractivity (Wildman–Crippen MR) is 73.8 cm³/mol. The molecule has 102 valence electrons. The van der Waals surface area contributed by atoms with Crippen molar-refractivity contribution in [2.24, 2.45) is 0 Å². The highest BCUT2D eigenvalue weighted by molar-refractivity contribution is 5.39. The van der Waals surface area contributed by atoms with E-state index in [0.717, 1.165) is 5.69 Å². The van der Waals surface area contributed by atoms with Crippen LogP contribution in [0.15, 0.2) is 42.6 Å². The first-order valence-corrected chi connectivity index (χ1v) is 6.21. The van der Waals surface area contributed by atoms with Crippen LogP contribution in [0.1, 0.15) is 11.3 Å². The Balaban J connectivity index is 1.92. The van der Waals surface area contributed by atoms with Gasteiger partial charge in [0, 0.05) is 24.4 Å². The topological polar surface area (TPSA) is 42.4 Å². The van der Waals surface area contributed by atoms with Gasteiger partial charge in [0.2, 0.25) is 0 Å². The number of rotatable bonds is 4. The zero-order valence-electron chi connectivity index (χ0n) is 10.8. The van der Waals surface area contributed by atoms with Gasteiger partial charge in [-0.2, -0.15) is 0 Å². The Morgan fingerprint density at radius 1 is 1.25 bits per heavy atom. The van der Waals surface area contributed by atoms with Gasteiger partial charge < -0.3 is 9.84 Å². The summed E-state index contributed by atoms with van der Waals surface area (Å²) in [6.07, 6.45) is 2.39. The van der Waals surface area contributed by atoms with E-state index in [1.807, 2.05) is 18.2 Å². The fourth-order valence-electron chi connectivity index (χ4n) is 1.64. The quantitative estimate of drug-likeness (QED) is 0.867. The molecule has 0 amide bonds. The molecule has 20 heavy (non-hydrogen) atoms. The van der Waals surface area contributed by atoms with E-state index in [1.54, 1.807) is 12.3 Å². The Kier molecular flexibility index (Phi) is 5.10. The molecule has 0 bridgehead atoms.